The van der Waals surface area contributed by atoms with Gasteiger partial charge >= 0.3 is 0 Å². The average Bonchev–Trinajstić information content (AvgIpc) is 2.41. The van der Waals surface area contributed by atoms with Gasteiger partial charge in [0.1, 0.15) is 5.75 Å². The Hall–Kier alpha value is -1.72. The van der Waals surface area contributed by atoms with Crippen LogP contribution in [0.25, 0.3) is 0 Å². The molecule has 111 valence electrons. The third-order valence-corrected chi connectivity index (χ3v) is 4.14. The van der Waals surface area contributed by atoms with Crippen LogP contribution in [0.2, 0.25) is 5.02 Å². The van der Waals surface area contributed by atoms with E-state index >= 15 is 0 Å². The molecule has 4 nitrogen and oxygen atoms in total. The molecule has 0 aliphatic heterocycles. The summed E-state index contributed by atoms with van der Waals surface area (Å²) in [4.78, 5) is 0.155. The van der Waals surface area contributed by atoms with Gasteiger partial charge in [0.15, 0.2) is 0 Å². The van der Waals surface area contributed by atoms with Crippen molar-refractivity contribution in [3.8, 4) is 5.75 Å². The van der Waals surface area contributed by atoms with Crippen LogP contribution in [0.15, 0.2) is 47.4 Å². The number of nitrogens with one attached hydrogen (secondary N) is 1. The molecule has 1 N–H and O–H groups in total. The number of hydrogen-bond acceptors (Lipinski definition) is 3. The summed E-state index contributed by atoms with van der Waals surface area (Å²) in [5.74, 6) is 0.627. The van der Waals surface area contributed by atoms with Crippen LogP contribution in [0.5, 0.6) is 5.75 Å². The van der Waals surface area contributed by atoms with Gasteiger partial charge in [0.05, 0.1) is 16.7 Å². The van der Waals surface area contributed by atoms with E-state index in [1.54, 1.807) is 24.3 Å². The van der Waals surface area contributed by atoms with E-state index in [2.05, 4.69) is 10.8 Å². The molecular formula is C15H15ClNO3S. The molecule has 0 saturated heterocycles. The lowest BCUT2D eigenvalue weighted by atomic mass is 10.3. The first-order valence-corrected chi connectivity index (χ1v) is 8.20. The minimum atomic E-state index is -3.65. The van der Waals surface area contributed by atoms with Crippen LogP contribution in [-0.4, -0.2) is 14.5 Å². The molecule has 0 heterocycles. The van der Waals surface area contributed by atoms with Crippen molar-refractivity contribution in [3.63, 3.8) is 0 Å². The molecule has 0 bridgehead atoms. The smallest absolute Gasteiger partial charge is 0.261 e. The van der Waals surface area contributed by atoms with E-state index in [0.29, 0.717) is 16.5 Å². The van der Waals surface area contributed by atoms with E-state index in [0.717, 1.165) is 0 Å². The van der Waals surface area contributed by atoms with Gasteiger partial charge < -0.3 is 4.74 Å². The fourth-order valence-corrected chi connectivity index (χ4v) is 2.79. The van der Waals surface area contributed by atoms with Gasteiger partial charge in [-0.05, 0) is 56.3 Å². The Morgan fingerprint density at radius 2 is 1.81 bits per heavy atom. The number of benzene rings is 2. The monoisotopic (exact) mass is 324 g/mol. The Labute approximate surface area is 129 Å². The molecule has 6 heteroatoms. The molecule has 0 amide bonds. The first-order chi connectivity index (χ1) is 9.87. The summed E-state index contributed by atoms with van der Waals surface area (Å²) >= 11 is 5.74. The Morgan fingerprint density at radius 1 is 1.14 bits per heavy atom. The fourth-order valence-electron chi connectivity index (χ4n) is 1.64. The van der Waals surface area contributed by atoms with Crippen molar-refractivity contribution in [1.29, 1.82) is 0 Å². The number of rotatable bonds is 5. The largest absolute Gasteiger partial charge is 0.491 e. The SMILES string of the molecule is CC(C)Oc1ccc(S(=O)(=O)Nc2[c]cc(Cl)cc2)cc1. The van der Waals surface area contributed by atoms with E-state index < -0.39 is 10.0 Å². The van der Waals surface area contributed by atoms with Gasteiger partial charge in [0.2, 0.25) is 0 Å². The summed E-state index contributed by atoms with van der Waals surface area (Å²) in [7, 11) is -3.65. The van der Waals surface area contributed by atoms with E-state index in [-0.39, 0.29) is 11.0 Å². The zero-order chi connectivity index (χ0) is 15.5. The van der Waals surface area contributed by atoms with Gasteiger partial charge in [-0.3, -0.25) is 4.72 Å². The summed E-state index contributed by atoms with van der Waals surface area (Å²) in [6, 6.07) is 13.6. The lowest BCUT2D eigenvalue weighted by Gasteiger charge is -2.11. The highest BCUT2D eigenvalue weighted by Gasteiger charge is 2.14. The van der Waals surface area contributed by atoms with Crippen molar-refractivity contribution in [2.45, 2.75) is 24.8 Å². The second-order valence-corrected chi connectivity index (χ2v) is 6.78. The van der Waals surface area contributed by atoms with E-state index in [1.807, 2.05) is 13.8 Å². The van der Waals surface area contributed by atoms with Gasteiger partial charge in [0, 0.05) is 11.1 Å². The molecule has 0 atom stereocenters. The quantitative estimate of drug-likeness (QED) is 0.911. The van der Waals surface area contributed by atoms with Crippen LogP contribution in [0, 0.1) is 6.07 Å². The fraction of sp³-hybridized carbons (Fsp3) is 0.200. The predicted octanol–water partition coefficient (Wildman–Crippen LogP) is 3.73. The maximum Gasteiger partial charge on any atom is 0.261 e. The molecular weight excluding hydrogens is 310 g/mol. The number of ether oxygens (including phenoxy) is 1. The van der Waals surface area contributed by atoms with Crippen molar-refractivity contribution in [3.05, 3.63) is 53.6 Å². The molecule has 2 aromatic rings. The van der Waals surface area contributed by atoms with Crippen LogP contribution < -0.4 is 9.46 Å². The topological polar surface area (TPSA) is 55.4 Å². The summed E-state index contributed by atoms with van der Waals surface area (Å²) in [6.07, 6.45) is 0.0363. The van der Waals surface area contributed by atoms with E-state index in [4.69, 9.17) is 16.3 Å². The average molecular weight is 325 g/mol. The van der Waals surface area contributed by atoms with Crippen molar-refractivity contribution in [1.82, 2.24) is 0 Å². The van der Waals surface area contributed by atoms with Gasteiger partial charge in [-0.15, -0.1) is 0 Å². The predicted molar refractivity (Wildman–Crippen MR) is 83.3 cm³/mol. The van der Waals surface area contributed by atoms with Crippen molar-refractivity contribution >= 4 is 27.3 Å². The van der Waals surface area contributed by atoms with Crippen molar-refractivity contribution in [2.75, 3.05) is 4.72 Å². The van der Waals surface area contributed by atoms with Gasteiger partial charge in [-0.25, -0.2) is 8.42 Å². The Balaban J connectivity index is 2.17. The molecule has 2 rings (SSSR count). The third-order valence-electron chi connectivity index (χ3n) is 2.52. The van der Waals surface area contributed by atoms with E-state index in [1.165, 1.54) is 18.2 Å². The highest BCUT2D eigenvalue weighted by Crippen LogP contribution is 2.20. The minimum Gasteiger partial charge on any atom is -0.491 e. The minimum absolute atomic E-state index is 0.0363. The molecule has 1 radical (unpaired) electrons. The first-order valence-electron chi connectivity index (χ1n) is 6.33. The van der Waals surface area contributed by atoms with Crippen molar-refractivity contribution < 1.29 is 13.2 Å². The van der Waals surface area contributed by atoms with Crippen LogP contribution in [0.3, 0.4) is 0 Å². The molecule has 2 aromatic carbocycles. The van der Waals surface area contributed by atoms with Gasteiger partial charge in [-0.1, -0.05) is 11.6 Å². The molecule has 0 spiro atoms. The summed E-state index contributed by atoms with van der Waals surface area (Å²) < 4.78 is 32.3. The molecule has 0 aliphatic carbocycles. The van der Waals surface area contributed by atoms with Gasteiger partial charge in [-0.2, -0.15) is 0 Å². The lowest BCUT2D eigenvalue weighted by Crippen LogP contribution is -2.13. The number of anilines is 1. The second kappa shape index (κ2) is 6.37. The van der Waals surface area contributed by atoms with Crippen molar-refractivity contribution in [2.24, 2.45) is 0 Å². The molecule has 0 aliphatic rings. The number of sulfonamides is 1. The summed E-state index contributed by atoms with van der Waals surface area (Å²) in [5, 5.41) is 0.494. The van der Waals surface area contributed by atoms with Crippen LogP contribution in [0.1, 0.15) is 13.8 Å². The third kappa shape index (κ3) is 4.37. The zero-order valence-electron chi connectivity index (χ0n) is 11.6. The maximum atomic E-state index is 12.2. The highest BCUT2D eigenvalue weighted by atomic mass is 35.5. The Bertz CT molecular complexity index is 695. The van der Waals surface area contributed by atoms with Gasteiger partial charge in [0.25, 0.3) is 10.0 Å². The maximum absolute atomic E-state index is 12.2. The molecule has 0 saturated carbocycles. The first kappa shape index (κ1) is 15.7. The van der Waals surface area contributed by atoms with Crippen LogP contribution in [0.4, 0.5) is 5.69 Å². The summed E-state index contributed by atoms with van der Waals surface area (Å²) in [6.45, 7) is 3.81. The standard InChI is InChI=1S/C15H15ClNO3S/c1-11(2)20-14-7-9-15(10-8-14)21(18,19)17-13-5-3-12(16)4-6-13/h3-5,7-11,17H,1-2H3. The highest BCUT2D eigenvalue weighted by molar-refractivity contribution is 7.92. The van der Waals surface area contributed by atoms with Crippen LogP contribution >= 0.6 is 11.6 Å². The number of hydrogen-bond donors (Lipinski definition) is 1. The Morgan fingerprint density at radius 3 is 2.33 bits per heavy atom. The molecule has 0 unspecified atom stereocenters. The van der Waals surface area contributed by atoms with Crippen LogP contribution in [-0.2, 0) is 10.0 Å². The second-order valence-electron chi connectivity index (χ2n) is 4.66. The molecule has 0 fully saturated rings. The zero-order valence-corrected chi connectivity index (χ0v) is 13.2. The lowest BCUT2D eigenvalue weighted by molar-refractivity contribution is 0.242. The molecule has 0 aromatic heterocycles. The van der Waals surface area contributed by atoms with E-state index in [9.17, 15) is 8.42 Å². The normalized spacial score (nSPS) is 11.4. The molecule has 21 heavy (non-hydrogen) atoms. The summed E-state index contributed by atoms with van der Waals surface area (Å²) in [5.41, 5.74) is 0.335. The Kier molecular flexibility index (Phi) is 4.75. The number of halogens is 1.